The smallest absolute Gasteiger partial charge is 0.323 e. The predicted octanol–water partition coefficient (Wildman–Crippen LogP) is -0.109. The molecule has 0 unspecified atom stereocenters. The van der Waals surface area contributed by atoms with Gasteiger partial charge in [0.2, 0.25) is 0 Å². The summed E-state index contributed by atoms with van der Waals surface area (Å²) in [5.41, 5.74) is 2.22. The van der Waals surface area contributed by atoms with Crippen molar-refractivity contribution >= 4 is 33.5 Å². The molecule has 2 heterocycles. The highest BCUT2D eigenvalue weighted by atomic mass is 32.2. The average Bonchev–Trinajstić information content (AvgIpc) is 2.78. The van der Waals surface area contributed by atoms with Crippen LogP contribution in [0.15, 0.2) is 41.3 Å². The third-order valence-electron chi connectivity index (χ3n) is 4.58. The molecule has 0 spiro atoms. The van der Waals surface area contributed by atoms with E-state index >= 15 is 0 Å². The van der Waals surface area contributed by atoms with Gasteiger partial charge in [-0.3, -0.25) is 24.7 Å². The van der Waals surface area contributed by atoms with E-state index in [1.807, 2.05) is 4.83 Å². The number of rotatable bonds is 6. The van der Waals surface area contributed by atoms with Crippen molar-refractivity contribution in [1.29, 1.82) is 0 Å². The number of hydrogen-bond acceptors (Lipinski definition) is 8. The molecule has 2 aromatic carbocycles. The largest absolute Gasteiger partial charge is 0.486 e. The molecule has 0 radical (unpaired) electrons. The van der Waals surface area contributed by atoms with Crippen LogP contribution >= 0.6 is 0 Å². The fraction of sp³-hybridized carbons (Fsp3) is 0.211. The fourth-order valence-corrected chi connectivity index (χ4v) is 3.95. The summed E-state index contributed by atoms with van der Waals surface area (Å²) in [5, 5.41) is 9.04. The van der Waals surface area contributed by atoms with E-state index in [1.165, 1.54) is 30.3 Å². The van der Waals surface area contributed by atoms with Crippen molar-refractivity contribution in [2.75, 3.05) is 31.3 Å². The molecule has 168 valence electrons. The van der Waals surface area contributed by atoms with Gasteiger partial charge in [0.15, 0.2) is 18.1 Å². The molecule has 13 heteroatoms. The van der Waals surface area contributed by atoms with E-state index in [0.29, 0.717) is 24.7 Å². The zero-order valence-corrected chi connectivity index (χ0v) is 17.2. The summed E-state index contributed by atoms with van der Waals surface area (Å²) < 4.78 is 41.3. The normalized spacial score (nSPS) is 14.9. The highest BCUT2D eigenvalue weighted by Crippen LogP contribution is 2.34. The first kappa shape index (κ1) is 21.4. The Bertz CT molecular complexity index is 1210. The molecule has 2 aliphatic rings. The second kappa shape index (κ2) is 8.36. The Morgan fingerprint density at radius 2 is 1.72 bits per heavy atom. The topological polar surface area (TPSA) is 161 Å². The van der Waals surface area contributed by atoms with E-state index < -0.39 is 34.4 Å². The molecule has 12 nitrogen and oxygen atoms in total. The lowest BCUT2D eigenvalue weighted by Crippen LogP contribution is -2.43. The number of benzene rings is 2. The Morgan fingerprint density at radius 3 is 2.47 bits per heavy atom. The highest BCUT2D eigenvalue weighted by molar-refractivity contribution is 7.89. The summed E-state index contributed by atoms with van der Waals surface area (Å²) in [5.74, 6) is -1.65. The van der Waals surface area contributed by atoms with Crippen LogP contribution in [0.2, 0.25) is 0 Å². The number of hydrazine groups is 1. The molecule has 0 aliphatic carbocycles. The van der Waals surface area contributed by atoms with Gasteiger partial charge in [0.25, 0.3) is 21.8 Å². The van der Waals surface area contributed by atoms with Crippen LogP contribution in [0.4, 0.5) is 5.69 Å². The molecule has 0 fully saturated rings. The number of amides is 2. The van der Waals surface area contributed by atoms with Gasteiger partial charge in [-0.2, -0.15) is 0 Å². The second-order valence-electron chi connectivity index (χ2n) is 6.71. The summed E-state index contributed by atoms with van der Waals surface area (Å²) in [4.78, 5) is 38.1. The summed E-state index contributed by atoms with van der Waals surface area (Å²) in [6.07, 6.45) is 0. The molecule has 0 saturated carbocycles. The van der Waals surface area contributed by atoms with Crippen LogP contribution in [0.1, 0.15) is 10.4 Å². The number of carboxylic acid groups (broad SMARTS) is 1. The quantitative estimate of drug-likeness (QED) is 0.497. The van der Waals surface area contributed by atoms with Crippen LogP contribution < -0.4 is 29.4 Å². The molecule has 0 saturated heterocycles. The van der Waals surface area contributed by atoms with Crippen LogP contribution in [-0.4, -0.2) is 57.7 Å². The van der Waals surface area contributed by atoms with Crippen molar-refractivity contribution < 1.29 is 42.1 Å². The van der Waals surface area contributed by atoms with E-state index in [1.54, 1.807) is 0 Å². The van der Waals surface area contributed by atoms with E-state index in [-0.39, 0.29) is 28.5 Å². The van der Waals surface area contributed by atoms with Gasteiger partial charge in [0.1, 0.15) is 25.5 Å². The zero-order valence-electron chi connectivity index (χ0n) is 16.4. The Morgan fingerprint density at radius 1 is 1.00 bits per heavy atom. The highest BCUT2D eigenvalue weighted by Gasteiger charge is 2.29. The minimum atomic E-state index is -4.26. The van der Waals surface area contributed by atoms with Gasteiger partial charge >= 0.3 is 5.97 Å². The molecule has 0 bridgehead atoms. The van der Waals surface area contributed by atoms with Crippen molar-refractivity contribution in [3.63, 3.8) is 0 Å². The molecule has 0 atom stereocenters. The molecule has 4 rings (SSSR count). The molecule has 2 amide bonds. The molecular formula is C19H17N3O9S. The molecule has 2 aliphatic heterocycles. The fourth-order valence-electron chi connectivity index (χ4n) is 3.09. The number of sulfonamides is 1. The van der Waals surface area contributed by atoms with Crippen LogP contribution in [0.5, 0.6) is 17.2 Å². The minimum Gasteiger partial charge on any atom is -0.486 e. The van der Waals surface area contributed by atoms with Gasteiger partial charge in [-0.1, -0.05) is 0 Å². The standard InChI is InChI=1S/C19H17N3O9S/c23-17-10-31-14-4-2-12(8-13(14)22(17)9-18(24)25)32(27,28)21-20-19(26)11-1-3-15-16(7-11)30-6-5-29-15/h1-4,7-8,21H,5-6,9-10H2,(H,20,26)(H,24,25). The number of nitrogens with zero attached hydrogens (tertiary/aromatic N) is 1. The van der Waals surface area contributed by atoms with Gasteiger partial charge in [-0.05, 0) is 36.4 Å². The maximum atomic E-state index is 12.7. The number of carbonyl (C=O) groups is 3. The Hall–Kier alpha value is -3.84. The monoisotopic (exact) mass is 463 g/mol. The first-order valence-electron chi connectivity index (χ1n) is 9.25. The molecule has 0 aromatic heterocycles. The Kier molecular flexibility index (Phi) is 5.59. The number of ether oxygens (including phenoxy) is 3. The lowest BCUT2D eigenvalue weighted by Gasteiger charge is -2.28. The van der Waals surface area contributed by atoms with Gasteiger partial charge in [-0.25, -0.2) is 8.42 Å². The van der Waals surface area contributed by atoms with E-state index in [4.69, 9.17) is 19.3 Å². The van der Waals surface area contributed by atoms with Gasteiger partial charge in [-0.15, -0.1) is 4.83 Å². The second-order valence-corrected chi connectivity index (χ2v) is 8.39. The number of nitrogens with one attached hydrogen (secondary N) is 2. The number of carboxylic acids is 1. The van der Waals surface area contributed by atoms with Crippen molar-refractivity contribution in [2.45, 2.75) is 4.90 Å². The lowest BCUT2D eigenvalue weighted by molar-refractivity contribution is -0.137. The Labute approximate surface area is 181 Å². The summed E-state index contributed by atoms with van der Waals surface area (Å²) in [6, 6.07) is 8.00. The molecule has 2 aromatic rings. The van der Waals surface area contributed by atoms with E-state index in [9.17, 15) is 22.8 Å². The summed E-state index contributed by atoms with van der Waals surface area (Å²) in [7, 11) is -4.26. The zero-order chi connectivity index (χ0) is 22.9. The molecule has 3 N–H and O–H groups in total. The van der Waals surface area contributed by atoms with Crippen molar-refractivity contribution in [1.82, 2.24) is 10.3 Å². The van der Waals surface area contributed by atoms with E-state index in [0.717, 1.165) is 11.0 Å². The first-order valence-corrected chi connectivity index (χ1v) is 10.7. The van der Waals surface area contributed by atoms with Crippen molar-refractivity contribution in [3.8, 4) is 17.2 Å². The van der Waals surface area contributed by atoms with Crippen LogP contribution in [0.3, 0.4) is 0 Å². The third-order valence-corrected chi connectivity index (χ3v) is 5.83. The number of anilines is 1. The van der Waals surface area contributed by atoms with Crippen LogP contribution in [0, 0.1) is 0 Å². The average molecular weight is 463 g/mol. The van der Waals surface area contributed by atoms with Crippen LogP contribution in [0.25, 0.3) is 0 Å². The SMILES string of the molecule is O=C(O)CN1C(=O)COc2ccc(S(=O)(=O)NNC(=O)c3ccc4c(c3)OCCO4)cc21. The van der Waals surface area contributed by atoms with Gasteiger partial charge in [0, 0.05) is 5.56 Å². The van der Waals surface area contributed by atoms with Crippen LogP contribution in [-0.2, 0) is 19.6 Å². The number of fused-ring (bicyclic) bond motifs is 2. The summed E-state index contributed by atoms with van der Waals surface area (Å²) in [6.45, 7) is -0.309. The van der Waals surface area contributed by atoms with Gasteiger partial charge < -0.3 is 19.3 Å². The summed E-state index contributed by atoms with van der Waals surface area (Å²) >= 11 is 0. The number of aliphatic carboxylic acids is 1. The predicted molar refractivity (Wildman–Crippen MR) is 107 cm³/mol. The maximum Gasteiger partial charge on any atom is 0.323 e. The van der Waals surface area contributed by atoms with Crippen molar-refractivity contribution in [3.05, 3.63) is 42.0 Å². The number of carbonyl (C=O) groups excluding carboxylic acids is 2. The maximum absolute atomic E-state index is 12.7. The molecular weight excluding hydrogens is 446 g/mol. The van der Waals surface area contributed by atoms with Crippen molar-refractivity contribution in [2.24, 2.45) is 0 Å². The lowest BCUT2D eigenvalue weighted by atomic mass is 10.2. The Balaban J connectivity index is 1.51. The molecule has 32 heavy (non-hydrogen) atoms. The number of hydrogen-bond donors (Lipinski definition) is 3. The minimum absolute atomic E-state index is 0.00955. The van der Waals surface area contributed by atoms with Gasteiger partial charge in [0.05, 0.1) is 10.6 Å². The third kappa shape index (κ3) is 4.29. The first-order chi connectivity index (χ1) is 15.2. The van der Waals surface area contributed by atoms with E-state index in [2.05, 4.69) is 5.43 Å².